The number of aromatic nitrogens is 2. The van der Waals surface area contributed by atoms with Crippen molar-refractivity contribution in [2.75, 3.05) is 0 Å². The van der Waals surface area contributed by atoms with Gasteiger partial charge >= 0.3 is 0 Å². The molecule has 1 aromatic heterocycles. The zero-order valence-electron chi connectivity index (χ0n) is 8.28. The second kappa shape index (κ2) is 5.30. The largest absolute Gasteiger partial charge is 0.343 e. The highest BCUT2D eigenvalue weighted by Gasteiger charge is 2.02. The molecule has 1 heterocycles. The van der Waals surface area contributed by atoms with Crippen LogP contribution in [0.4, 0.5) is 0 Å². The van der Waals surface area contributed by atoms with E-state index in [9.17, 15) is 0 Å². The molecule has 2 rings (SSSR count). The molecule has 84 valence electrons. The van der Waals surface area contributed by atoms with E-state index in [2.05, 4.69) is 20.0 Å². The van der Waals surface area contributed by atoms with Crippen LogP contribution in [0.25, 0.3) is 0 Å². The summed E-state index contributed by atoms with van der Waals surface area (Å²) in [6.45, 7) is 1.13. The molecule has 0 atom stereocenters. The van der Waals surface area contributed by atoms with Crippen LogP contribution in [0.15, 0.2) is 29.1 Å². The first-order valence-electron chi connectivity index (χ1n) is 4.65. The molecule has 0 bridgehead atoms. The third-order valence-corrected chi connectivity index (χ3v) is 2.62. The molecule has 0 saturated carbocycles. The quantitative estimate of drug-likeness (QED) is 0.915. The molecule has 1 N–H and O–H groups in total. The molecule has 16 heavy (non-hydrogen) atoms. The highest BCUT2D eigenvalue weighted by Crippen LogP contribution is 2.20. The molecule has 0 amide bonds. The van der Waals surface area contributed by atoms with E-state index in [4.69, 9.17) is 23.2 Å². The van der Waals surface area contributed by atoms with Crippen molar-refractivity contribution in [1.29, 1.82) is 0 Å². The molecule has 0 radical (unpaired) electrons. The Kier molecular flexibility index (Phi) is 3.77. The van der Waals surface area contributed by atoms with Gasteiger partial charge in [-0.1, -0.05) is 28.4 Å². The summed E-state index contributed by atoms with van der Waals surface area (Å²) in [7, 11) is 0. The van der Waals surface area contributed by atoms with E-state index in [0.717, 1.165) is 5.56 Å². The second-order valence-corrected chi connectivity index (χ2v) is 4.03. The van der Waals surface area contributed by atoms with Crippen LogP contribution in [0.1, 0.15) is 11.4 Å². The van der Waals surface area contributed by atoms with Gasteiger partial charge in [0.15, 0.2) is 5.82 Å². The summed E-state index contributed by atoms with van der Waals surface area (Å²) in [6.07, 6.45) is 1.30. The zero-order chi connectivity index (χ0) is 11.4. The van der Waals surface area contributed by atoms with Gasteiger partial charge in [0.1, 0.15) is 0 Å². The number of hydrogen-bond acceptors (Lipinski definition) is 4. The summed E-state index contributed by atoms with van der Waals surface area (Å²) in [5.41, 5.74) is 0.942. The van der Waals surface area contributed by atoms with E-state index in [1.807, 2.05) is 6.07 Å². The maximum atomic E-state index is 6.01. The molecule has 1 aromatic carbocycles. The molecular weight excluding hydrogens is 249 g/mol. The van der Waals surface area contributed by atoms with Gasteiger partial charge in [-0.15, -0.1) is 0 Å². The minimum atomic E-state index is 0.527. The minimum absolute atomic E-state index is 0.527. The van der Waals surface area contributed by atoms with Crippen LogP contribution in [-0.4, -0.2) is 10.1 Å². The topological polar surface area (TPSA) is 51.0 Å². The van der Waals surface area contributed by atoms with Crippen molar-refractivity contribution in [3.8, 4) is 0 Å². The average molecular weight is 258 g/mol. The van der Waals surface area contributed by atoms with E-state index < -0.39 is 0 Å². The Bertz CT molecular complexity index is 459. The van der Waals surface area contributed by atoms with Gasteiger partial charge in [0.2, 0.25) is 6.39 Å². The monoisotopic (exact) mass is 257 g/mol. The number of halogens is 2. The number of rotatable bonds is 4. The highest BCUT2D eigenvalue weighted by atomic mass is 35.5. The molecule has 0 fully saturated rings. The van der Waals surface area contributed by atoms with E-state index >= 15 is 0 Å². The average Bonchev–Trinajstić information content (AvgIpc) is 2.76. The van der Waals surface area contributed by atoms with Crippen LogP contribution in [0, 0.1) is 0 Å². The van der Waals surface area contributed by atoms with Crippen molar-refractivity contribution in [3.05, 3.63) is 46.0 Å². The van der Waals surface area contributed by atoms with Gasteiger partial charge in [0.05, 0.1) is 6.54 Å². The van der Waals surface area contributed by atoms with Crippen molar-refractivity contribution >= 4 is 23.2 Å². The van der Waals surface area contributed by atoms with Gasteiger partial charge in [0.25, 0.3) is 0 Å². The van der Waals surface area contributed by atoms with E-state index in [1.54, 1.807) is 12.1 Å². The lowest BCUT2D eigenvalue weighted by atomic mass is 10.2. The SMILES string of the molecule is Clc1ccc(Cl)c(CNCc2ncon2)c1. The Balaban J connectivity index is 1.92. The number of hydrogen-bond donors (Lipinski definition) is 1. The minimum Gasteiger partial charge on any atom is -0.343 e. The van der Waals surface area contributed by atoms with Crippen LogP contribution in [0.5, 0.6) is 0 Å². The third kappa shape index (κ3) is 2.95. The van der Waals surface area contributed by atoms with Gasteiger partial charge in [-0.2, -0.15) is 4.98 Å². The van der Waals surface area contributed by atoms with Crippen LogP contribution in [0.2, 0.25) is 10.0 Å². The molecule has 0 unspecified atom stereocenters. The molecule has 0 spiro atoms. The first-order valence-corrected chi connectivity index (χ1v) is 5.41. The molecule has 0 aliphatic heterocycles. The Morgan fingerprint density at radius 3 is 2.88 bits per heavy atom. The molecule has 0 saturated heterocycles. The van der Waals surface area contributed by atoms with Crippen LogP contribution >= 0.6 is 23.2 Å². The lowest BCUT2D eigenvalue weighted by Crippen LogP contribution is -2.13. The standard InChI is InChI=1S/C10H9Cl2N3O/c11-8-1-2-9(12)7(3-8)4-13-5-10-14-6-16-15-10/h1-3,6,13H,4-5H2. The smallest absolute Gasteiger partial charge is 0.213 e. The molecule has 6 heteroatoms. The van der Waals surface area contributed by atoms with Crippen molar-refractivity contribution in [3.63, 3.8) is 0 Å². The maximum Gasteiger partial charge on any atom is 0.213 e. The summed E-state index contributed by atoms with van der Waals surface area (Å²) >= 11 is 11.9. The van der Waals surface area contributed by atoms with Crippen molar-refractivity contribution in [1.82, 2.24) is 15.5 Å². The van der Waals surface area contributed by atoms with Crippen molar-refractivity contribution in [2.45, 2.75) is 13.1 Å². The van der Waals surface area contributed by atoms with Gasteiger partial charge in [-0.3, -0.25) is 0 Å². The fourth-order valence-electron chi connectivity index (χ4n) is 1.26. The Morgan fingerprint density at radius 1 is 1.25 bits per heavy atom. The fraction of sp³-hybridized carbons (Fsp3) is 0.200. The van der Waals surface area contributed by atoms with Crippen LogP contribution in [-0.2, 0) is 13.1 Å². The maximum absolute atomic E-state index is 6.01. The van der Waals surface area contributed by atoms with Crippen molar-refractivity contribution in [2.24, 2.45) is 0 Å². The van der Waals surface area contributed by atoms with Gasteiger partial charge in [-0.05, 0) is 23.8 Å². The lowest BCUT2D eigenvalue weighted by molar-refractivity contribution is 0.407. The molecule has 2 aromatic rings. The highest BCUT2D eigenvalue weighted by molar-refractivity contribution is 6.33. The fourth-order valence-corrected chi connectivity index (χ4v) is 1.64. The summed E-state index contributed by atoms with van der Waals surface area (Å²) in [5, 5.41) is 8.18. The molecule has 4 nitrogen and oxygen atoms in total. The first kappa shape index (κ1) is 11.4. The van der Waals surface area contributed by atoms with E-state index in [1.165, 1.54) is 6.39 Å². The molecular formula is C10H9Cl2N3O. The third-order valence-electron chi connectivity index (χ3n) is 2.01. The number of nitrogens with one attached hydrogen (secondary N) is 1. The first-order chi connectivity index (χ1) is 7.75. The lowest BCUT2D eigenvalue weighted by Gasteiger charge is -2.05. The Hall–Kier alpha value is -1.10. The van der Waals surface area contributed by atoms with Gasteiger partial charge in [-0.25, -0.2) is 0 Å². The summed E-state index contributed by atoms with van der Waals surface area (Å²) in [4.78, 5) is 3.89. The Labute approximate surface area is 103 Å². The normalized spacial score (nSPS) is 10.6. The van der Waals surface area contributed by atoms with E-state index in [-0.39, 0.29) is 0 Å². The predicted octanol–water partition coefficient (Wildman–Crippen LogP) is 2.67. The summed E-state index contributed by atoms with van der Waals surface area (Å²) in [6, 6.07) is 5.36. The number of nitrogens with zero attached hydrogens (tertiary/aromatic N) is 2. The second-order valence-electron chi connectivity index (χ2n) is 3.19. The van der Waals surface area contributed by atoms with Crippen molar-refractivity contribution < 1.29 is 4.52 Å². The number of benzene rings is 1. The molecule has 0 aliphatic carbocycles. The van der Waals surface area contributed by atoms with Crippen LogP contribution in [0.3, 0.4) is 0 Å². The van der Waals surface area contributed by atoms with Gasteiger partial charge < -0.3 is 9.84 Å². The van der Waals surface area contributed by atoms with Crippen LogP contribution < -0.4 is 5.32 Å². The Morgan fingerprint density at radius 2 is 2.12 bits per heavy atom. The zero-order valence-corrected chi connectivity index (χ0v) is 9.79. The summed E-state index contributed by atoms with van der Waals surface area (Å²) < 4.78 is 4.61. The predicted molar refractivity (Wildman–Crippen MR) is 61.3 cm³/mol. The summed E-state index contributed by atoms with van der Waals surface area (Å²) in [5.74, 6) is 0.609. The molecule has 0 aliphatic rings. The van der Waals surface area contributed by atoms with E-state index in [0.29, 0.717) is 29.0 Å². The van der Waals surface area contributed by atoms with Gasteiger partial charge in [0, 0.05) is 16.6 Å².